The van der Waals surface area contributed by atoms with Crippen molar-refractivity contribution in [3.63, 3.8) is 0 Å². The molecule has 1 saturated heterocycles. The summed E-state index contributed by atoms with van der Waals surface area (Å²) in [5.41, 5.74) is 3.27. The van der Waals surface area contributed by atoms with E-state index in [4.69, 9.17) is 21.1 Å². The van der Waals surface area contributed by atoms with Crippen molar-refractivity contribution in [2.45, 2.75) is 61.4 Å². The minimum atomic E-state index is -4.14. The highest BCUT2D eigenvalue weighted by molar-refractivity contribution is 7.90. The zero-order valence-electron chi connectivity index (χ0n) is 24.3. The highest BCUT2D eigenvalue weighted by Crippen LogP contribution is 2.50. The molecule has 1 amide bonds. The number of halogens is 1. The van der Waals surface area contributed by atoms with E-state index >= 15 is 0 Å². The molecule has 5 bridgehead atoms. The number of fused-ring (bicyclic) bond motifs is 2. The van der Waals surface area contributed by atoms with Crippen molar-refractivity contribution >= 4 is 33.4 Å². The van der Waals surface area contributed by atoms with Crippen molar-refractivity contribution in [2.75, 3.05) is 44.2 Å². The average Bonchev–Trinajstić information content (AvgIpc) is 3.06. The van der Waals surface area contributed by atoms with Crippen molar-refractivity contribution in [1.29, 1.82) is 0 Å². The van der Waals surface area contributed by atoms with Gasteiger partial charge in [-0.05, 0) is 98.2 Å². The Morgan fingerprint density at radius 1 is 1.05 bits per heavy atom. The van der Waals surface area contributed by atoms with Crippen molar-refractivity contribution < 1.29 is 22.7 Å². The summed E-state index contributed by atoms with van der Waals surface area (Å²) in [4.78, 5) is 17.5. The van der Waals surface area contributed by atoms with Crippen molar-refractivity contribution in [1.82, 2.24) is 9.62 Å². The van der Waals surface area contributed by atoms with Crippen molar-refractivity contribution in [3.05, 3.63) is 64.7 Å². The second-order valence-electron chi connectivity index (χ2n) is 13.9. The largest absolute Gasteiger partial charge is 0.490 e. The molecular weight excluding hydrogens is 586 g/mol. The van der Waals surface area contributed by atoms with Crippen LogP contribution in [-0.2, 0) is 26.6 Å². The van der Waals surface area contributed by atoms with Gasteiger partial charge in [0.15, 0.2) is 0 Å². The number of benzene rings is 2. The Balaban J connectivity index is 1.16. The Hall–Kier alpha value is -2.75. The Kier molecular flexibility index (Phi) is 6.55. The van der Waals surface area contributed by atoms with E-state index in [1.807, 2.05) is 6.07 Å². The van der Waals surface area contributed by atoms with Crippen LogP contribution in [0.25, 0.3) is 0 Å². The summed E-state index contributed by atoms with van der Waals surface area (Å²) in [5.74, 6) is 1.65. The van der Waals surface area contributed by atoms with Gasteiger partial charge in [-0.25, -0.2) is 17.9 Å². The minimum absolute atomic E-state index is 0.0336. The van der Waals surface area contributed by atoms with E-state index in [1.54, 1.807) is 12.1 Å². The van der Waals surface area contributed by atoms with E-state index in [-0.39, 0.29) is 21.8 Å². The predicted octanol–water partition coefficient (Wildman–Crippen LogP) is 5.29. The van der Waals surface area contributed by atoms with Crippen LogP contribution >= 0.6 is 11.6 Å². The van der Waals surface area contributed by atoms with Crippen LogP contribution in [-0.4, -0.2) is 64.8 Å². The highest BCUT2D eigenvalue weighted by atomic mass is 35.5. The van der Waals surface area contributed by atoms with Gasteiger partial charge in [0.1, 0.15) is 11.9 Å². The SMILES string of the molecule is O=C1NS(=O)(=O)c2ccc3c(c2)N(C[C@@H]2CCC2/C=C/CN2CC4(CC(C4)O1)C2)C[C@@]1(CCCc2cc(Cl)ccc21)CO3. The number of hydrogen-bond acceptors (Lipinski definition) is 7. The fraction of sp³-hybridized carbons (Fsp3) is 0.545. The lowest BCUT2D eigenvalue weighted by atomic mass is 9.62. The lowest BCUT2D eigenvalue weighted by molar-refractivity contribution is -0.125. The number of hydrogen-bond donors (Lipinski definition) is 1. The maximum atomic E-state index is 13.4. The summed E-state index contributed by atoms with van der Waals surface area (Å²) < 4.78 is 41.1. The van der Waals surface area contributed by atoms with E-state index in [1.165, 1.54) is 23.6 Å². The first kappa shape index (κ1) is 27.8. The smallest absolute Gasteiger partial charge is 0.421 e. The molecule has 2 spiro atoms. The third-order valence-corrected chi connectivity index (χ3v) is 12.5. The van der Waals surface area contributed by atoms with Gasteiger partial charge in [0.2, 0.25) is 0 Å². The molecule has 2 aromatic carbocycles. The lowest BCUT2D eigenvalue weighted by Crippen LogP contribution is -2.64. The van der Waals surface area contributed by atoms with E-state index in [9.17, 15) is 13.2 Å². The van der Waals surface area contributed by atoms with Crippen LogP contribution < -0.4 is 14.4 Å². The molecule has 3 fully saturated rings. The first-order chi connectivity index (χ1) is 20.7. The van der Waals surface area contributed by atoms with Crippen LogP contribution in [0.15, 0.2) is 53.4 Å². The molecule has 0 aromatic heterocycles. The molecule has 8 nitrogen and oxygen atoms in total. The highest BCUT2D eigenvalue weighted by Gasteiger charge is 2.53. The molecule has 5 heterocycles. The average molecular weight is 624 g/mol. The van der Waals surface area contributed by atoms with E-state index in [0.717, 1.165) is 82.0 Å². The van der Waals surface area contributed by atoms with Gasteiger partial charge in [-0.15, -0.1) is 0 Å². The second kappa shape index (κ2) is 10.1. The number of carbonyl (C=O) groups excluding carboxylic acids is 1. The molecule has 1 N–H and O–H groups in total. The molecule has 1 unspecified atom stereocenters. The van der Waals surface area contributed by atoms with Gasteiger partial charge in [0, 0.05) is 48.6 Å². The van der Waals surface area contributed by atoms with Gasteiger partial charge in [-0.2, -0.15) is 0 Å². The monoisotopic (exact) mass is 623 g/mol. The van der Waals surface area contributed by atoms with Crippen LogP contribution in [0, 0.1) is 17.3 Å². The zero-order chi connectivity index (χ0) is 29.4. The maximum absolute atomic E-state index is 13.4. The van der Waals surface area contributed by atoms with Crippen molar-refractivity contribution in [3.8, 4) is 5.75 Å². The summed E-state index contributed by atoms with van der Waals surface area (Å²) >= 11 is 6.40. The number of sulfonamides is 1. The zero-order valence-corrected chi connectivity index (χ0v) is 25.8. The first-order valence-corrected chi connectivity index (χ1v) is 17.5. The number of rotatable bonds is 0. The molecular formula is C33H38ClN3O5S. The van der Waals surface area contributed by atoms with Gasteiger partial charge in [-0.1, -0.05) is 29.8 Å². The number of ether oxygens (including phenoxy) is 2. The molecule has 10 rings (SSSR count). The van der Waals surface area contributed by atoms with Crippen molar-refractivity contribution in [2.24, 2.45) is 17.3 Å². The number of aryl methyl sites for hydroxylation is 1. The molecule has 10 heteroatoms. The molecule has 228 valence electrons. The van der Waals surface area contributed by atoms with Gasteiger partial charge in [-0.3, -0.25) is 4.90 Å². The van der Waals surface area contributed by atoms with E-state index in [2.05, 4.69) is 38.8 Å². The third kappa shape index (κ3) is 4.92. The Labute approximate surface area is 258 Å². The minimum Gasteiger partial charge on any atom is -0.490 e. The fourth-order valence-corrected chi connectivity index (χ4v) is 9.72. The Morgan fingerprint density at radius 3 is 2.72 bits per heavy atom. The summed E-state index contributed by atoms with van der Waals surface area (Å²) in [7, 11) is -4.14. The summed E-state index contributed by atoms with van der Waals surface area (Å²) in [6, 6.07) is 11.2. The van der Waals surface area contributed by atoms with Gasteiger partial charge in [0.25, 0.3) is 10.0 Å². The topological polar surface area (TPSA) is 88.2 Å². The molecule has 3 atom stereocenters. The van der Waals surface area contributed by atoms with E-state index < -0.39 is 16.1 Å². The molecule has 3 aliphatic carbocycles. The van der Waals surface area contributed by atoms with Gasteiger partial charge >= 0.3 is 6.09 Å². The quantitative estimate of drug-likeness (QED) is 0.399. The lowest BCUT2D eigenvalue weighted by Gasteiger charge is -2.58. The molecule has 2 saturated carbocycles. The number of carbonyl (C=O) groups is 1. The number of allylic oxidation sites excluding steroid dienone is 1. The molecule has 2 aromatic rings. The summed E-state index contributed by atoms with van der Waals surface area (Å²) in [6.07, 6.45) is 10.5. The van der Waals surface area contributed by atoms with Crippen LogP contribution in [0.5, 0.6) is 5.75 Å². The molecule has 8 aliphatic rings. The second-order valence-corrected chi connectivity index (χ2v) is 16.0. The van der Waals surface area contributed by atoms with E-state index in [0.29, 0.717) is 24.2 Å². The van der Waals surface area contributed by atoms with Crippen LogP contribution in [0.1, 0.15) is 49.7 Å². The fourth-order valence-electron chi connectivity index (χ4n) is 8.63. The van der Waals surface area contributed by atoms with Crippen LogP contribution in [0.3, 0.4) is 0 Å². The normalized spacial score (nSPS) is 36.6. The number of amides is 1. The van der Waals surface area contributed by atoms with Crippen LogP contribution in [0.4, 0.5) is 10.5 Å². The van der Waals surface area contributed by atoms with Crippen LogP contribution in [0.2, 0.25) is 5.02 Å². The first-order valence-electron chi connectivity index (χ1n) is 15.6. The summed E-state index contributed by atoms with van der Waals surface area (Å²) in [5, 5.41) is 0.747. The number of anilines is 1. The van der Waals surface area contributed by atoms with Gasteiger partial charge in [0.05, 0.1) is 17.2 Å². The molecule has 43 heavy (non-hydrogen) atoms. The third-order valence-electron chi connectivity index (χ3n) is 10.9. The summed E-state index contributed by atoms with van der Waals surface area (Å²) in [6.45, 7) is 4.99. The number of nitrogens with one attached hydrogen (secondary N) is 1. The molecule has 5 aliphatic heterocycles. The van der Waals surface area contributed by atoms with Gasteiger partial charge < -0.3 is 14.4 Å². The standard InChI is InChI=1S/C33H38ClN3O5S/c34-25-7-9-28-23(13-25)3-1-11-33(28)20-37-17-24-6-5-22(24)4-2-12-36-18-32(19-36)15-26(16-32)42-31(38)35-43(39,40)27-8-10-30(41-21-33)29(37)14-27/h2,4,7-10,13-14,22,24,26H,1,3,5-6,11-12,15-21H2,(H,35,38)/b4-2+/t22?,24-,33-/m0/s1. The Bertz CT molecular complexity index is 1600. The predicted molar refractivity (Wildman–Crippen MR) is 164 cm³/mol. The number of nitrogens with zero attached hydrogens (tertiary/aromatic N) is 2. The Morgan fingerprint density at radius 2 is 1.91 bits per heavy atom. The molecule has 0 radical (unpaired) electrons. The maximum Gasteiger partial charge on any atom is 0.421 e.